The Balaban J connectivity index is 3.08. The highest BCUT2D eigenvalue weighted by Gasteiger charge is 2.03. The van der Waals surface area contributed by atoms with Crippen LogP contribution >= 0.6 is 23.8 Å². The number of anilines is 1. The third kappa shape index (κ3) is 1.96. The molecule has 0 radical (unpaired) electrons. The molecular formula is C6H5ClN2O2S. The van der Waals surface area contributed by atoms with Gasteiger partial charge in [-0.05, 0) is 6.07 Å². The van der Waals surface area contributed by atoms with Crippen LogP contribution in [0.5, 0.6) is 0 Å². The minimum Gasteiger partial charge on any atom is -0.465 e. The standard InChI is InChI=1S/C6H5ClN2O2S/c7-4-3(12)1-2-8-5(4)9-6(10)11/h1-2H,(H,10,11)(H2,8,9,12). The molecule has 0 unspecified atom stereocenters. The molecule has 1 amide bonds. The van der Waals surface area contributed by atoms with Crippen molar-refractivity contribution >= 4 is 35.7 Å². The molecule has 12 heavy (non-hydrogen) atoms. The van der Waals surface area contributed by atoms with Crippen molar-refractivity contribution in [1.82, 2.24) is 4.98 Å². The van der Waals surface area contributed by atoms with Gasteiger partial charge in [-0.2, -0.15) is 0 Å². The van der Waals surface area contributed by atoms with Crippen molar-refractivity contribution in [3.63, 3.8) is 0 Å². The highest BCUT2D eigenvalue weighted by atomic mass is 35.5. The van der Waals surface area contributed by atoms with Crippen molar-refractivity contribution in [3.05, 3.63) is 21.8 Å². The first-order chi connectivity index (χ1) is 5.61. The van der Waals surface area contributed by atoms with Crippen LogP contribution in [0.2, 0.25) is 5.02 Å². The van der Waals surface area contributed by atoms with E-state index in [1.54, 1.807) is 6.07 Å². The number of carbonyl (C=O) groups is 1. The summed E-state index contributed by atoms with van der Waals surface area (Å²) in [5, 5.41) is 10.6. The highest BCUT2D eigenvalue weighted by molar-refractivity contribution is 7.71. The van der Waals surface area contributed by atoms with Crippen LogP contribution in [0.1, 0.15) is 0 Å². The molecule has 0 saturated heterocycles. The number of pyridine rings is 1. The molecule has 0 aliphatic carbocycles. The predicted molar refractivity (Wildman–Crippen MR) is 48.3 cm³/mol. The van der Waals surface area contributed by atoms with Gasteiger partial charge in [0.1, 0.15) is 5.82 Å². The molecule has 0 aliphatic heterocycles. The lowest BCUT2D eigenvalue weighted by atomic mass is 10.4. The van der Waals surface area contributed by atoms with Gasteiger partial charge in [0.05, 0.1) is 9.53 Å². The number of rotatable bonds is 1. The van der Waals surface area contributed by atoms with Gasteiger partial charge in [0.15, 0.2) is 0 Å². The number of halogens is 1. The summed E-state index contributed by atoms with van der Waals surface area (Å²) < 4.78 is 0.402. The lowest BCUT2D eigenvalue weighted by Gasteiger charge is -2.01. The molecule has 1 rings (SSSR count). The fourth-order valence-electron chi connectivity index (χ4n) is 0.658. The summed E-state index contributed by atoms with van der Waals surface area (Å²) in [4.78, 5) is 12.8. The SMILES string of the molecule is O=C(O)Nc1[nH]ccc(=S)c1Cl. The van der Waals surface area contributed by atoms with E-state index in [-0.39, 0.29) is 10.8 Å². The van der Waals surface area contributed by atoms with Crippen LogP contribution in [0.3, 0.4) is 0 Å². The van der Waals surface area contributed by atoms with Crippen molar-refractivity contribution in [3.8, 4) is 0 Å². The molecule has 1 aromatic heterocycles. The lowest BCUT2D eigenvalue weighted by molar-refractivity contribution is 0.209. The smallest absolute Gasteiger partial charge is 0.410 e. The number of carboxylic acid groups (broad SMARTS) is 1. The Hall–Kier alpha value is -1.07. The van der Waals surface area contributed by atoms with Gasteiger partial charge in [-0.3, -0.25) is 5.32 Å². The summed E-state index contributed by atoms with van der Waals surface area (Å²) in [6, 6.07) is 1.57. The zero-order valence-corrected chi connectivity index (χ0v) is 7.37. The third-order valence-corrected chi connectivity index (χ3v) is 1.97. The third-order valence-electron chi connectivity index (χ3n) is 1.13. The van der Waals surface area contributed by atoms with Gasteiger partial charge in [-0.1, -0.05) is 23.8 Å². The van der Waals surface area contributed by atoms with Gasteiger partial charge in [0, 0.05) is 6.20 Å². The fourth-order valence-corrected chi connectivity index (χ4v) is 0.993. The van der Waals surface area contributed by atoms with E-state index in [4.69, 9.17) is 28.9 Å². The van der Waals surface area contributed by atoms with Crippen molar-refractivity contribution < 1.29 is 9.90 Å². The van der Waals surface area contributed by atoms with Gasteiger partial charge in [0.2, 0.25) is 0 Å². The van der Waals surface area contributed by atoms with Crippen LogP contribution in [-0.2, 0) is 0 Å². The van der Waals surface area contributed by atoms with E-state index in [9.17, 15) is 4.79 Å². The first-order valence-corrected chi connectivity index (χ1v) is 3.77. The number of aromatic nitrogens is 1. The number of hydrogen-bond acceptors (Lipinski definition) is 2. The molecule has 3 N–H and O–H groups in total. The second kappa shape index (κ2) is 3.55. The first kappa shape index (κ1) is 9.02. The van der Waals surface area contributed by atoms with Crippen molar-refractivity contribution in [2.24, 2.45) is 0 Å². The molecule has 64 valence electrons. The zero-order valence-electron chi connectivity index (χ0n) is 5.80. The van der Waals surface area contributed by atoms with Crippen molar-refractivity contribution in [2.45, 2.75) is 0 Å². The molecule has 0 aromatic carbocycles. The lowest BCUT2D eigenvalue weighted by Crippen LogP contribution is -2.09. The second-order valence-electron chi connectivity index (χ2n) is 1.96. The number of amides is 1. The summed E-state index contributed by atoms with van der Waals surface area (Å²) in [5.41, 5.74) is 0. The molecule has 0 aliphatic rings. The number of aromatic amines is 1. The highest BCUT2D eigenvalue weighted by Crippen LogP contribution is 2.19. The average Bonchev–Trinajstić information content (AvgIpc) is 1.98. The van der Waals surface area contributed by atoms with Crippen LogP contribution in [-0.4, -0.2) is 16.2 Å². The van der Waals surface area contributed by atoms with Gasteiger partial charge in [0.25, 0.3) is 0 Å². The quantitative estimate of drug-likeness (QED) is 0.616. The van der Waals surface area contributed by atoms with Crippen molar-refractivity contribution in [2.75, 3.05) is 5.32 Å². The van der Waals surface area contributed by atoms with Crippen molar-refractivity contribution in [1.29, 1.82) is 0 Å². The Morgan fingerprint density at radius 2 is 2.42 bits per heavy atom. The Morgan fingerprint density at radius 3 is 3.00 bits per heavy atom. The molecule has 0 spiro atoms. The van der Waals surface area contributed by atoms with Crippen LogP contribution in [0.4, 0.5) is 10.6 Å². The van der Waals surface area contributed by atoms with Crippen LogP contribution < -0.4 is 5.32 Å². The minimum absolute atomic E-state index is 0.191. The number of H-pyrrole nitrogens is 1. The normalized spacial score (nSPS) is 9.42. The van der Waals surface area contributed by atoms with E-state index >= 15 is 0 Å². The van der Waals surface area contributed by atoms with E-state index in [1.807, 2.05) is 0 Å². The fraction of sp³-hybridized carbons (Fsp3) is 0. The summed E-state index contributed by atoms with van der Waals surface area (Å²) in [6.07, 6.45) is 0.327. The molecule has 4 nitrogen and oxygen atoms in total. The maximum absolute atomic E-state index is 10.2. The maximum Gasteiger partial charge on any atom is 0.410 e. The monoisotopic (exact) mass is 204 g/mol. The van der Waals surface area contributed by atoms with E-state index in [0.29, 0.717) is 4.51 Å². The van der Waals surface area contributed by atoms with Gasteiger partial charge in [-0.15, -0.1) is 0 Å². The Morgan fingerprint density at radius 1 is 1.75 bits per heavy atom. The molecule has 1 heterocycles. The molecule has 0 fully saturated rings. The molecular weight excluding hydrogens is 200 g/mol. The first-order valence-electron chi connectivity index (χ1n) is 2.98. The summed E-state index contributed by atoms with van der Waals surface area (Å²) in [6.45, 7) is 0. The number of hydrogen-bond donors (Lipinski definition) is 3. The Kier molecular flexibility index (Phi) is 2.67. The van der Waals surface area contributed by atoms with E-state index in [2.05, 4.69) is 10.3 Å². The molecule has 6 heteroatoms. The van der Waals surface area contributed by atoms with Crippen LogP contribution in [0.15, 0.2) is 12.3 Å². The average molecular weight is 205 g/mol. The topological polar surface area (TPSA) is 65.1 Å². The Labute approximate surface area is 78.2 Å². The maximum atomic E-state index is 10.2. The zero-order chi connectivity index (χ0) is 9.14. The second-order valence-corrected chi connectivity index (χ2v) is 2.78. The minimum atomic E-state index is -1.19. The molecule has 0 bridgehead atoms. The summed E-state index contributed by atoms with van der Waals surface area (Å²) >= 11 is 10.5. The van der Waals surface area contributed by atoms with Gasteiger partial charge < -0.3 is 10.1 Å². The molecule has 0 atom stereocenters. The number of nitrogens with one attached hydrogen (secondary N) is 2. The predicted octanol–water partition coefficient (Wildman–Crippen LogP) is 2.49. The Bertz CT molecular complexity index is 363. The van der Waals surface area contributed by atoms with Crippen LogP contribution in [0.25, 0.3) is 0 Å². The van der Waals surface area contributed by atoms with E-state index < -0.39 is 6.09 Å². The van der Waals surface area contributed by atoms with Crippen LogP contribution in [0, 0.1) is 4.51 Å². The molecule has 0 saturated carbocycles. The van der Waals surface area contributed by atoms with E-state index in [1.165, 1.54) is 6.20 Å². The van der Waals surface area contributed by atoms with E-state index in [0.717, 1.165) is 0 Å². The molecule has 1 aromatic rings. The summed E-state index contributed by atoms with van der Waals surface area (Å²) in [5.74, 6) is 0.191. The van der Waals surface area contributed by atoms with Gasteiger partial charge in [-0.25, -0.2) is 4.79 Å². The largest absolute Gasteiger partial charge is 0.465 e. The summed E-state index contributed by atoms with van der Waals surface area (Å²) in [7, 11) is 0. The van der Waals surface area contributed by atoms with Gasteiger partial charge >= 0.3 is 6.09 Å².